The zero-order valence-corrected chi connectivity index (χ0v) is 15.1. The molecule has 2 N–H and O–H groups in total. The largest absolute Gasteiger partial charge is 0.496 e. The van der Waals surface area contributed by atoms with Crippen LogP contribution in [0.25, 0.3) is 22.2 Å². The van der Waals surface area contributed by atoms with Crippen LogP contribution in [0.3, 0.4) is 0 Å². The molecule has 26 heavy (non-hydrogen) atoms. The number of hydrogen-bond donors (Lipinski definition) is 2. The maximum Gasteiger partial charge on any atom is 0.138 e. The molecular formula is C20H22FN3O2. The number of aromatic amines is 1. The maximum absolute atomic E-state index is 13.6. The van der Waals surface area contributed by atoms with Crippen LogP contribution in [-0.2, 0) is 4.74 Å². The van der Waals surface area contributed by atoms with Crippen LogP contribution in [0, 0.1) is 5.82 Å². The Morgan fingerprint density at radius 3 is 2.81 bits per heavy atom. The summed E-state index contributed by atoms with van der Waals surface area (Å²) in [5.41, 5.74) is 3.50. The Balaban J connectivity index is 1.75. The van der Waals surface area contributed by atoms with Gasteiger partial charge < -0.3 is 19.8 Å². The number of nitrogens with one attached hydrogen (secondary N) is 2. The number of hydrogen-bond acceptors (Lipinski definition) is 4. The van der Waals surface area contributed by atoms with Gasteiger partial charge in [0.25, 0.3) is 0 Å². The van der Waals surface area contributed by atoms with Gasteiger partial charge >= 0.3 is 0 Å². The molecule has 1 aliphatic heterocycles. The first-order valence-corrected chi connectivity index (χ1v) is 8.65. The van der Waals surface area contributed by atoms with Crippen LogP contribution in [0.4, 0.5) is 4.39 Å². The first-order valence-electron chi connectivity index (χ1n) is 8.65. The van der Waals surface area contributed by atoms with Gasteiger partial charge in [0, 0.05) is 41.0 Å². The van der Waals surface area contributed by atoms with Crippen molar-refractivity contribution < 1.29 is 13.9 Å². The fourth-order valence-corrected chi connectivity index (χ4v) is 3.33. The van der Waals surface area contributed by atoms with Gasteiger partial charge in [-0.1, -0.05) is 0 Å². The van der Waals surface area contributed by atoms with E-state index in [1.165, 1.54) is 12.1 Å². The number of pyridine rings is 1. The smallest absolute Gasteiger partial charge is 0.138 e. The molecule has 1 fully saturated rings. The Kier molecular flexibility index (Phi) is 4.17. The van der Waals surface area contributed by atoms with E-state index >= 15 is 0 Å². The summed E-state index contributed by atoms with van der Waals surface area (Å²) in [4.78, 5) is 7.80. The van der Waals surface area contributed by atoms with E-state index in [9.17, 15) is 4.39 Å². The molecular weight excluding hydrogens is 333 g/mol. The standard InChI is InChI=1S/C20H22FN3O2/c1-20(2)11-26-18(10-23-20)16-9-15-13(6-7-22-19(15)24-16)14-5-4-12(21)8-17(14)25-3/h4-9,18,23H,10-11H2,1-3H3,(H,22,24). The van der Waals surface area contributed by atoms with Crippen molar-refractivity contribution in [3.05, 3.63) is 48.0 Å². The van der Waals surface area contributed by atoms with E-state index in [-0.39, 0.29) is 17.5 Å². The van der Waals surface area contributed by atoms with Crippen molar-refractivity contribution in [3.8, 4) is 16.9 Å². The number of fused-ring (bicyclic) bond motifs is 1. The Hall–Kier alpha value is -2.44. The van der Waals surface area contributed by atoms with Gasteiger partial charge in [-0.2, -0.15) is 0 Å². The van der Waals surface area contributed by atoms with E-state index < -0.39 is 0 Å². The zero-order valence-electron chi connectivity index (χ0n) is 15.1. The van der Waals surface area contributed by atoms with Crippen molar-refractivity contribution in [1.82, 2.24) is 15.3 Å². The number of nitrogens with zero attached hydrogens (tertiary/aromatic N) is 1. The molecule has 1 aromatic carbocycles. The molecule has 0 bridgehead atoms. The van der Waals surface area contributed by atoms with E-state index in [2.05, 4.69) is 35.2 Å². The summed E-state index contributed by atoms with van der Waals surface area (Å²) in [7, 11) is 1.54. The molecule has 1 aliphatic rings. The van der Waals surface area contributed by atoms with Crippen molar-refractivity contribution >= 4 is 11.0 Å². The number of benzene rings is 1. The second-order valence-electron chi connectivity index (χ2n) is 7.25. The average molecular weight is 355 g/mol. The second-order valence-corrected chi connectivity index (χ2v) is 7.25. The maximum atomic E-state index is 13.6. The highest BCUT2D eigenvalue weighted by Crippen LogP contribution is 2.36. The summed E-state index contributed by atoms with van der Waals surface area (Å²) in [6, 6.07) is 8.54. The molecule has 3 heterocycles. The average Bonchev–Trinajstić information content (AvgIpc) is 3.05. The van der Waals surface area contributed by atoms with E-state index in [0.29, 0.717) is 12.4 Å². The molecule has 136 valence electrons. The minimum absolute atomic E-state index is 0.0204. The summed E-state index contributed by atoms with van der Waals surface area (Å²) in [6.45, 7) is 5.61. The first-order chi connectivity index (χ1) is 12.5. The Bertz CT molecular complexity index is 941. The molecule has 3 aromatic rings. The minimum Gasteiger partial charge on any atom is -0.496 e. The van der Waals surface area contributed by atoms with Crippen molar-refractivity contribution in [3.63, 3.8) is 0 Å². The lowest BCUT2D eigenvalue weighted by Crippen LogP contribution is -2.50. The Morgan fingerprint density at radius 1 is 1.23 bits per heavy atom. The lowest BCUT2D eigenvalue weighted by Gasteiger charge is -2.35. The molecule has 5 nitrogen and oxygen atoms in total. The molecule has 0 radical (unpaired) electrons. The number of aromatic nitrogens is 2. The number of morpholine rings is 1. The van der Waals surface area contributed by atoms with Gasteiger partial charge in [0.1, 0.15) is 23.3 Å². The van der Waals surface area contributed by atoms with Crippen molar-refractivity contribution in [2.45, 2.75) is 25.5 Å². The number of halogens is 1. The van der Waals surface area contributed by atoms with Crippen LogP contribution in [0.15, 0.2) is 36.5 Å². The van der Waals surface area contributed by atoms with Crippen LogP contribution in [-0.4, -0.2) is 35.8 Å². The van der Waals surface area contributed by atoms with Gasteiger partial charge in [-0.25, -0.2) is 9.37 Å². The predicted molar refractivity (Wildman–Crippen MR) is 98.8 cm³/mol. The van der Waals surface area contributed by atoms with Crippen LogP contribution in [0.5, 0.6) is 5.75 Å². The number of H-pyrrole nitrogens is 1. The summed E-state index contributed by atoms with van der Waals surface area (Å²) in [6.07, 6.45) is 1.68. The highest BCUT2D eigenvalue weighted by Gasteiger charge is 2.28. The molecule has 0 aliphatic carbocycles. The Morgan fingerprint density at radius 2 is 2.08 bits per heavy atom. The summed E-state index contributed by atoms with van der Waals surface area (Å²) >= 11 is 0. The molecule has 0 saturated carbocycles. The first kappa shape index (κ1) is 17.0. The summed E-state index contributed by atoms with van der Waals surface area (Å²) in [5.74, 6) is 0.174. The number of rotatable bonds is 3. The van der Waals surface area contributed by atoms with Gasteiger partial charge in [-0.15, -0.1) is 0 Å². The molecule has 1 saturated heterocycles. The van der Waals surface area contributed by atoms with Crippen LogP contribution < -0.4 is 10.1 Å². The highest BCUT2D eigenvalue weighted by atomic mass is 19.1. The van der Waals surface area contributed by atoms with Gasteiger partial charge in [-0.05, 0) is 43.7 Å². The van der Waals surface area contributed by atoms with Crippen molar-refractivity contribution in [2.75, 3.05) is 20.3 Å². The van der Waals surface area contributed by atoms with E-state index in [0.717, 1.165) is 34.4 Å². The normalized spacial score (nSPS) is 19.6. The third-order valence-corrected chi connectivity index (χ3v) is 4.76. The molecule has 1 atom stereocenters. The van der Waals surface area contributed by atoms with E-state index in [4.69, 9.17) is 9.47 Å². The third-order valence-electron chi connectivity index (χ3n) is 4.76. The monoisotopic (exact) mass is 355 g/mol. The molecule has 6 heteroatoms. The highest BCUT2D eigenvalue weighted by molar-refractivity contribution is 5.95. The third kappa shape index (κ3) is 3.06. The van der Waals surface area contributed by atoms with Crippen molar-refractivity contribution in [1.29, 1.82) is 0 Å². The lowest BCUT2D eigenvalue weighted by atomic mass is 10.0. The summed E-state index contributed by atoms with van der Waals surface area (Å²) in [5, 5.41) is 4.45. The molecule has 4 rings (SSSR count). The Labute approximate surface area is 151 Å². The number of methoxy groups -OCH3 is 1. The molecule has 2 aromatic heterocycles. The van der Waals surface area contributed by atoms with Crippen LogP contribution in [0.1, 0.15) is 25.6 Å². The lowest BCUT2D eigenvalue weighted by molar-refractivity contribution is -0.0246. The summed E-state index contributed by atoms with van der Waals surface area (Å²) < 4.78 is 24.9. The van der Waals surface area contributed by atoms with Crippen LogP contribution in [0.2, 0.25) is 0 Å². The second kappa shape index (κ2) is 6.37. The van der Waals surface area contributed by atoms with Gasteiger partial charge in [0.2, 0.25) is 0 Å². The zero-order chi connectivity index (χ0) is 18.3. The molecule has 0 amide bonds. The van der Waals surface area contributed by atoms with E-state index in [1.807, 2.05) is 6.07 Å². The number of ether oxygens (including phenoxy) is 2. The fraction of sp³-hybridized carbons (Fsp3) is 0.350. The topological polar surface area (TPSA) is 59.2 Å². The van der Waals surface area contributed by atoms with E-state index in [1.54, 1.807) is 19.4 Å². The SMILES string of the molecule is COc1cc(F)ccc1-c1ccnc2[nH]c(C3CNC(C)(C)CO3)cc12. The predicted octanol–water partition coefficient (Wildman–Crippen LogP) is 3.82. The van der Waals surface area contributed by atoms with Gasteiger partial charge in [0.15, 0.2) is 0 Å². The minimum atomic E-state index is -0.324. The van der Waals surface area contributed by atoms with Crippen LogP contribution >= 0.6 is 0 Å². The molecule has 1 unspecified atom stereocenters. The fourth-order valence-electron chi connectivity index (χ4n) is 3.33. The van der Waals surface area contributed by atoms with Crippen molar-refractivity contribution in [2.24, 2.45) is 0 Å². The molecule has 0 spiro atoms. The quantitative estimate of drug-likeness (QED) is 0.750. The van der Waals surface area contributed by atoms with Gasteiger partial charge in [-0.3, -0.25) is 0 Å². The van der Waals surface area contributed by atoms with Gasteiger partial charge in [0.05, 0.1) is 13.7 Å².